The van der Waals surface area contributed by atoms with E-state index >= 15 is 0 Å². The second kappa shape index (κ2) is 4.03. The minimum atomic E-state index is 0.790. The third-order valence-electron chi connectivity index (χ3n) is 2.39. The molecule has 0 aliphatic heterocycles. The van der Waals surface area contributed by atoms with Crippen LogP contribution >= 0.6 is 11.6 Å². The maximum Gasteiger partial charge on any atom is 0.0647 e. The van der Waals surface area contributed by atoms with Gasteiger partial charge in [-0.2, -0.15) is 0 Å². The van der Waals surface area contributed by atoms with E-state index in [1.807, 2.05) is 25.4 Å². The molecule has 2 nitrogen and oxygen atoms in total. The van der Waals surface area contributed by atoms with E-state index in [9.17, 15) is 0 Å². The molecule has 3 heteroatoms. The molecule has 0 saturated heterocycles. The SMILES string of the molecule is CNCCc1c[nH]c2c(Cl)cccc12. The maximum atomic E-state index is 6.06. The Morgan fingerprint density at radius 2 is 2.29 bits per heavy atom. The van der Waals surface area contributed by atoms with Gasteiger partial charge in [0.2, 0.25) is 0 Å². The van der Waals surface area contributed by atoms with Gasteiger partial charge in [0.15, 0.2) is 0 Å². The molecule has 2 rings (SSSR count). The molecule has 0 bridgehead atoms. The minimum absolute atomic E-state index is 0.790. The van der Waals surface area contributed by atoms with E-state index in [1.165, 1.54) is 10.9 Å². The quantitative estimate of drug-likeness (QED) is 0.798. The lowest BCUT2D eigenvalue weighted by molar-refractivity contribution is 0.795. The normalized spacial score (nSPS) is 11.0. The van der Waals surface area contributed by atoms with Crippen LogP contribution in [-0.2, 0) is 6.42 Å². The number of rotatable bonds is 3. The Kier molecular flexibility index (Phi) is 2.75. The summed E-state index contributed by atoms with van der Waals surface area (Å²) < 4.78 is 0. The molecule has 0 radical (unpaired) electrons. The zero-order chi connectivity index (χ0) is 9.97. The highest BCUT2D eigenvalue weighted by Gasteiger charge is 2.04. The second-order valence-corrected chi connectivity index (χ2v) is 3.74. The highest BCUT2D eigenvalue weighted by molar-refractivity contribution is 6.35. The summed E-state index contributed by atoms with van der Waals surface area (Å²) in [4.78, 5) is 3.21. The zero-order valence-corrected chi connectivity index (χ0v) is 8.86. The number of hydrogen-bond donors (Lipinski definition) is 2. The van der Waals surface area contributed by atoms with Gasteiger partial charge < -0.3 is 10.3 Å². The van der Waals surface area contributed by atoms with Gasteiger partial charge in [-0.3, -0.25) is 0 Å². The molecule has 0 atom stereocenters. The molecular formula is C11H13ClN2. The first-order valence-electron chi connectivity index (χ1n) is 4.72. The lowest BCUT2D eigenvalue weighted by Gasteiger charge is -1.98. The maximum absolute atomic E-state index is 6.06. The van der Waals surface area contributed by atoms with E-state index in [4.69, 9.17) is 11.6 Å². The summed E-state index contributed by atoms with van der Waals surface area (Å²) in [6, 6.07) is 5.99. The topological polar surface area (TPSA) is 27.8 Å². The van der Waals surface area contributed by atoms with E-state index in [2.05, 4.69) is 16.4 Å². The average molecular weight is 209 g/mol. The zero-order valence-electron chi connectivity index (χ0n) is 8.10. The molecule has 1 aromatic carbocycles. The first kappa shape index (κ1) is 9.56. The summed E-state index contributed by atoms with van der Waals surface area (Å²) in [5.41, 5.74) is 2.36. The van der Waals surface area contributed by atoms with Crippen LogP contribution in [0.3, 0.4) is 0 Å². The van der Waals surface area contributed by atoms with Gasteiger partial charge in [0.1, 0.15) is 0 Å². The third-order valence-corrected chi connectivity index (χ3v) is 2.71. The van der Waals surface area contributed by atoms with Crippen LogP contribution in [0.2, 0.25) is 5.02 Å². The Morgan fingerprint density at radius 1 is 1.43 bits per heavy atom. The number of fused-ring (bicyclic) bond motifs is 1. The Morgan fingerprint density at radius 3 is 3.07 bits per heavy atom. The largest absolute Gasteiger partial charge is 0.360 e. The van der Waals surface area contributed by atoms with Gasteiger partial charge >= 0.3 is 0 Å². The van der Waals surface area contributed by atoms with E-state index in [0.29, 0.717) is 0 Å². The fourth-order valence-corrected chi connectivity index (χ4v) is 1.87. The molecule has 0 aliphatic carbocycles. The highest BCUT2D eigenvalue weighted by atomic mass is 35.5. The summed E-state index contributed by atoms with van der Waals surface area (Å²) in [7, 11) is 1.96. The van der Waals surface area contributed by atoms with Gasteiger partial charge in [0, 0.05) is 11.6 Å². The number of aromatic amines is 1. The molecule has 1 aromatic heterocycles. The summed E-state index contributed by atoms with van der Waals surface area (Å²) >= 11 is 6.06. The van der Waals surface area contributed by atoms with Crippen molar-refractivity contribution >= 4 is 22.5 Å². The van der Waals surface area contributed by atoms with Crippen molar-refractivity contribution < 1.29 is 0 Å². The Labute approximate surface area is 88.3 Å². The molecule has 0 unspecified atom stereocenters. The van der Waals surface area contributed by atoms with Crippen LogP contribution in [0.15, 0.2) is 24.4 Å². The van der Waals surface area contributed by atoms with Crippen LogP contribution in [0.25, 0.3) is 10.9 Å². The number of hydrogen-bond acceptors (Lipinski definition) is 1. The molecule has 2 aromatic rings. The summed E-state index contributed by atoms with van der Waals surface area (Å²) in [6.45, 7) is 0.986. The van der Waals surface area contributed by atoms with Crippen LogP contribution in [0, 0.1) is 0 Å². The van der Waals surface area contributed by atoms with Crippen molar-refractivity contribution in [2.24, 2.45) is 0 Å². The van der Waals surface area contributed by atoms with Crippen molar-refractivity contribution in [1.82, 2.24) is 10.3 Å². The molecule has 0 saturated carbocycles. The van der Waals surface area contributed by atoms with Crippen LogP contribution in [-0.4, -0.2) is 18.6 Å². The first-order valence-corrected chi connectivity index (χ1v) is 5.10. The van der Waals surface area contributed by atoms with E-state index < -0.39 is 0 Å². The predicted octanol–water partition coefficient (Wildman–Crippen LogP) is 2.58. The number of benzene rings is 1. The number of nitrogens with one attached hydrogen (secondary N) is 2. The fraction of sp³-hybridized carbons (Fsp3) is 0.273. The summed E-state index contributed by atoms with van der Waals surface area (Å²) in [5, 5.41) is 5.16. The fourth-order valence-electron chi connectivity index (χ4n) is 1.64. The van der Waals surface area contributed by atoms with Crippen LogP contribution in [0.1, 0.15) is 5.56 Å². The average Bonchev–Trinajstić information content (AvgIpc) is 2.60. The number of aromatic nitrogens is 1. The molecule has 0 fully saturated rings. The number of likely N-dealkylation sites (N-methyl/N-ethyl adjacent to an activating group) is 1. The van der Waals surface area contributed by atoms with Crippen molar-refractivity contribution in [3.8, 4) is 0 Å². The molecule has 74 valence electrons. The molecule has 2 N–H and O–H groups in total. The van der Waals surface area contributed by atoms with Crippen molar-refractivity contribution in [1.29, 1.82) is 0 Å². The van der Waals surface area contributed by atoms with E-state index in [1.54, 1.807) is 0 Å². The monoisotopic (exact) mass is 208 g/mol. The molecule has 0 amide bonds. The molecule has 0 aliphatic rings. The highest BCUT2D eigenvalue weighted by Crippen LogP contribution is 2.25. The number of para-hydroxylation sites is 1. The Bertz CT molecular complexity index is 434. The van der Waals surface area contributed by atoms with E-state index in [0.717, 1.165) is 23.5 Å². The standard InChI is InChI=1S/C11H13ClN2/c1-13-6-5-8-7-14-11-9(8)3-2-4-10(11)12/h2-4,7,13-14H,5-6H2,1H3. The van der Waals surface area contributed by atoms with Gasteiger partial charge in [-0.15, -0.1) is 0 Å². The van der Waals surface area contributed by atoms with Crippen molar-refractivity contribution in [2.45, 2.75) is 6.42 Å². The molecule has 0 spiro atoms. The second-order valence-electron chi connectivity index (χ2n) is 3.33. The van der Waals surface area contributed by atoms with Crippen molar-refractivity contribution in [2.75, 3.05) is 13.6 Å². The van der Waals surface area contributed by atoms with Gasteiger partial charge in [-0.05, 0) is 31.6 Å². The molecule has 1 heterocycles. The lowest BCUT2D eigenvalue weighted by Crippen LogP contribution is -2.09. The Balaban J connectivity index is 2.42. The molecule has 14 heavy (non-hydrogen) atoms. The van der Waals surface area contributed by atoms with Crippen molar-refractivity contribution in [3.05, 3.63) is 35.0 Å². The smallest absolute Gasteiger partial charge is 0.0647 e. The Hall–Kier alpha value is -0.990. The van der Waals surface area contributed by atoms with Crippen LogP contribution in [0.4, 0.5) is 0 Å². The van der Waals surface area contributed by atoms with Gasteiger partial charge in [0.25, 0.3) is 0 Å². The predicted molar refractivity (Wildman–Crippen MR) is 60.9 cm³/mol. The van der Waals surface area contributed by atoms with Gasteiger partial charge in [0.05, 0.1) is 10.5 Å². The molecular weight excluding hydrogens is 196 g/mol. The first-order chi connectivity index (χ1) is 6.83. The van der Waals surface area contributed by atoms with Crippen molar-refractivity contribution in [3.63, 3.8) is 0 Å². The van der Waals surface area contributed by atoms with Crippen LogP contribution in [0.5, 0.6) is 0 Å². The lowest BCUT2D eigenvalue weighted by atomic mass is 10.1. The van der Waals surface area contributed by atoms with Gasteiger partial charge in [-0.25, -0.2) is 0 Å². The minimum Gasteiger partial charge on any atom is -0.360 e. The number of halogens is 1. The van der Waals surface area contributed by atoms with Crippen LogP contribution < -0.4 is 5.32 Å². The van der Waals surface area contributed by atoms with E-state index in [-0.39, 0.29) is 0 Å². The number of H-pyrrole nitrogens is 1. The summed E-state index contributed by atoms with van der Waals surface area (Å²) in [5.74, 6) is 0. The summed E-state index contributed by atoms with van der Waals surface area (Å²) in [6.07, 6.45) is 3.06. The van der Waals surface area contributed by atoms with Gasteiger partial charge in [-0.1, -0.05) is 23.7 Å². The third kappa shape index (κ3) is 1.63.